The van der Waals surface area contributed by atoms with E-state index in [4.69, 9.17) is 10.8 Å². The van der Waals surface area contributed by atoms with Crippen molar-refractivity contribution < 1.29 is 5.11 Å². The summed E-state index contributed by atoms with van der Waals surface area (Å²) in [7, 11) is 0. The summed E-state index contributed by atoms with van der Waals surface area (Å²) in [6.45, 7) is 6.20. The molecule has 3 N–H and O–H groups in total. The van der Waals surface area contributed by atoms with Gasteiger partial charge in [0.2, 0.25) is 0 Å². The van der Waals surface area contributed by atoms with Crippen LogP contribution in [0.15, 0.2) is 24.3 Å². The summed E-state index contributed by atoms with van der Waals surface area (Å²) >= 11 is 0. The van der Waals surface area contributed by atoms with Gasteiger partial charge in [-0.1, -0.05) is 26.0 Å². The Bertz CT molecular complexity index is 275. The number of phenols is 1. The standard InChI is InChI=1S/C11H17NO/c1-8(12)11(2,3)9-4-6-10(13)7-5-9/h4-8,13H,12H2,1-3H3. The van der Waals surface area contributed by atoms with Gasteiger partial charge >= 0.3 is 0 Å². The molecule has 0 saturated carbocycles. The molecule has 2 nitrogen and oxygen atoms in total. The van der Waals surface area contributed by atoms with Crippen LogP contribution in [0.1, 0.15) is 26.3 Å². The lowest BCUT2D eigenvalue weighted by Crippen LogP contribution is -2.38. The topological polar surface area (TPSA) is 46.2 Å². The van der Waals surface area contributed by atoms with Gasteiger partial charge in [-0.15, -0.1) is 0 Å². The molecule has 0 aliphatic carbocycles. The minimum Gasteiger partial charge on any atom is -0.508 e. The smallest absolute Gasteiger partial charge is 0.115 e. The first-order chi connectivity index (χ1) is 5.94. The molecule has 0 heterocycles. The molecule has 13 heavy (non-hydrogen) atoms. The molecule has 2 heteroatoms. The van der Waals surface area contributed by atoms with Crippen LogP contribution in [0.3, 0.4) is 0 Å². The van der Waals surface area contributed by atoms with Crippen molar-refractivity contribution in [3.63, 3.8) is 0 Å². The lowest BCUT2D eigenvalue weighted by atomic mass is 9.79. The average molecular weight is 179 g/mol. The monoisotopic (exact) mass is 179 g/mol. The van der Waals surface area contributed by atoms with Crippen LogP contribution in [0.5, 0.6) is 5.75 Å². The highest BCUT2D eigenvalue weighted by Gasteiger charge is 2.24. The van der Waals surface area contributed by atoms with E-state index in [1.54, 1.807) is 12.1 Å². The molecule has 0 aliphatic rings. The van der Waals surface area contributed by atoms with E-state index in [0.717, 1.165) is 5.56 Å². The maximum absolute atomic E-state index is 9.13. The number of hydrogen-bond donors (Lipinski definition) is 2. The van der Waals surface area contributed by atoms with Gasteiger partial charge in [0.05, 0.1) is 0 Å². The van der Waals surface area contributed by atoms with Crippen LogP contribution < -0.4 is 5.73 Å². The molecule has 0 aromatic heterocycles. The summed E-state index contributed by atoms with van der Waals surface area (Å²) in [5, 5.41) is 9.13. The molecule has 0 aliphatic heterocycles. The van der Waals surface area contributed by atoms with E-state index < -0.39 is 0 Å². The maximum Gasteiger partial charge on any atom is 0.115 e. The number of phenolic OH excluding ortho intramolecular Hbond substituents is 1. The molecule has 0 radical (unpaired) electrons. The fourth-order valence-corrected chi connectivity index (χ4v) is 1.15. The van der Waals surface area contributed by atoms with Crippen LogP contribution in [-0.4, -0.2) is 11.1 Å². The highest BCUT2D eigenvalue weighted by Crippen LogP contribution is 2.27. The second-order valence-corrected chi connectivity index (χ2v) is 4.06. The third kappa shape index (κ3) is 2.01. The lowest BCUT2D eigenvalue weighted by Gasteiger charge is -2.29. The van der Waals surface area contributed by atoms with Crippen LogP contribution in [0.4, 0.5) is 0 Å². The molecular weight excluding hydrogens is 162 g/mol. The third-order valence-electron chi connectivity index (χ3n) is 2.75. The van der Waals surface area contributed by atoms with Crippen molar-refractivity contribution in [2.75, 3.05) is 0 Å². The molecule has 0 bridgehead atoms. The Balaban J connectivity index is 3.01. The highest BCUT2D eigenvalue weighted by atomic mass is 16.3. The van der Waals surface area contributed by atoms with Gasteiger partial charge in [0.25, 0.3) is 0 Å². The van der Waals surface area contributed by atoms with Crippen molar-refractivity contribution in [3.8, 4) is 5.75 Å². The van der Waals surface area contributed by atoms with E-state index in [9.17, 15) is 0 Å². The van der Waals surface area contributed by atoms with Crippen LogP contribution in [0, 0.1) is 0 Å². The molecule has 0 spiro atoms. The molecule has 1 aromatic carbocycles. The molecule has 72 valence electrons. The van der Waals surface area contributed by atoms with Crippen LogP contribution >= 0.6 is 0 Å². The van der Waals surface area contributed by atoms with Gasteiger partial charge in [-0.3, -0.25) is 0 Å². The van der Waals surface area contributed by atoms with Crippen LogP contribution in [0.2, 0.25) is 0 Å². The van der Waals surface area contributed by atoms with Gasteiger partial charge in [-0.05, 0) is 24.6 Å². The van der Waals surface area contributed by atoms with Crippen molar-refractivity contribution in [3.05, 3.63) is 29.8 Å². The number of benzene rings is 1. The Hall–Kier alpha value is -1.02. The van der Waals surface area contributed by atoms with Gasteiger partial charge in [0, 0.05) is 11.5 Å². The Morgan fingerprint density at radius 3 is 2.08 bits per heavy atom. The van der Waals surface area contributed by atoms with Crippen molar-refractivity contribution in [1.82, 2.24) is 0 Å². The Morgan fingerprint density at radius 1 is 1.23 bits per heavy atom. The lowest BCUT2D eigenvalue weighted by molar-refractivity contribution is 0.432. The molecule has 1 unspecified atom stereocenters. The SMILES string of the molecule is CC(N)C(C)(C)c1ccc(O)cc1. The largest absolute Gasteiger partial charge is 0.508 e. The van der Waals surface area contributed by atoms with Crippen molar-refractivity contribution >= 4 is 0 Å². The molecule has 1 aromatic rings. The number of nitrogens with two attached hydrogens (primary N) is 1. The van der Waals surface area contributed by atoms with E-state index in [0.29, 0.717) is 5.75 Å². The molecule has 1 atom stereocenters. The predicted octanol–water partition coefficient (Wildman–Crippen LogP) is 2.02. The van der Waals surface area contributed by atoms with Crippen LogP contribution in [0.25, 0.3) is 0 Å². The molecule has 0 fully saturated rings. The zero-order valence-corrected chi connectivity index (χ0v) is 8.41. The van der Waals surface area contributed by atoms with E-state index >= 15 is 0 Å². The van der Waals surface area contributed by atoms with Gasteiger partial charge < -0.3 is 10.8 Å². The van der Waals surface area contributed by atoms with Gasteiger partial charge in [0.1, 0.15) is 5.75 Å². The maximum atomic E-state index is 9.13. The number of hydrogen-bond acceptors (Lipinski definition) is 2. The Morgan fingerprint density at radius 2 is 1.69 bits per heavy atom. The summed E-state index contributed by atoms with van der Waals surface area (Å²) in [5.74, 6) is 0.296. The molecule has 0 amide bonds. The van der Waals surface area contributed by atoms with E-state index in [-0.39, 0.29) is 11.5 Å². The average Bonchev–Trinajstić information content (AvgIpc) is 2.04. The summed E-state index contributed by atoms with van der Waals surface area (Å²) in [4.78, 5) is 0. The van der Waals surface area contributed by atoms with Gasteiger partial charge in [-0.2, -0.15) is 0 Å². The van der Waals surface area contributed by atoms with Gasteiger partial charge in [-0.25, -0.2) is 0 Å². The third-order valence-corrected chi connectivity index (χ3v) is 2.75. The second kappa shape index (κ2) is 3.38. The summed E-state index contributed by atoms with van der Waals surface area (Å²) < 4.78 is 0. The fraction of sp³-hybridized carbons (Fsp3) is 0.455. The summed E-state index contributed by atoms with van der Waals surface area (Å²) in [6, 6.07) is 7.31. The Labute approximate surface area is 79.4 Å². The normalized spacial score (nSPS) is 14.2. The van der Waals surface area contributed by atoms with E-state index in [1.165, 1.54) is 0 Å². The van der Waals surface area contributed by atoms with Crippen molar-refractivity contribution in [2.45, 2.75) is 32.2 Å². The minimum atomic E-state index is -0.0479. The highest BCUT2D eigenvalue weighted by molar-refractivity contribution is 5.31. The van der Waals surface area contributed by atoms with E-state index in [1.807, 2.05) is 19.1 Å². The zero-order valence-electron chi connectivity index (χ0n) is 8.41. The van der Waals surface area contributed by atoms with Crippen LogP contribution in [-0.2, 0) is 5.41 Å². The molecular formula is C11H17NO. The fourth-order valence-electron chi connectivity index (χ4n) is 1.15. The van der Waals surface area contributed by atoms with Crippen molar-refractivity contribution in [2.24, 2.45) is 5.73 Å². The molecule has 0 saturated heterocycles. The summed E-state index contributed by atoms with van der Waals surface area (Å²) in [5.41, 5.74) is 6.98. The summed E-state index contributed by atoms with van der Waals surface area (Å²) in [6.07, 6.45) is 0. The predicted molar refractivity (Wildman–Crippen MR) is 54.8 cm³/mol. The van der Waals surface area contributed by atoms with Gasteiger partial charge in [0.15, 0.2) is 0 Å². The minimum absolute atomic E-state index is 0.0479. The number of aromatic hydroxyl groups is 1. The van der Waals surface area contributed by atoms with Crippen molar-refractivity contribution in [1.29, 1.82) is 0 Å². The second-order valence-electron chi connectivity index (χ2n) is 4.06. The first kappa shape index (κ1) is 10.1. The Kier molecular flexibility index (Phi) is 2.62. The zero-order chi connectivity index (χ0) is 10.1. The molecule has 1 rings (SSSR count). The van der Waals surface area contributed by atoms with E-state index in [2.05, 4.69) is 13.8 Å². The number of rotatable bonds is 2. The first-order valence-electron chi connectivity index (χ1n) is 4.49. The quantitative estimate of drug-likeness (QED) is 0.729. The first-order valence-corrected chi connectivity index (χ1v) is 4.49.